The molecule has 0 aliphatic heterocycles. The third kappa shape index (κ3) is 2.83. The predicted octanol–water partition coefficient (Wildman–Crippen LogP) is 4.95. The highest BCUT2D eigenvalue weighted by atomic mass is 79.9. The Balaban J connectivity index is 2.46. The van der Waals surface area contributed by atoms with Crippen LogP contribution in [0.5, 0.6) is 11.5 Å². The molecule has 1 unspecified atom stereocenters. The number of halogens is 2. The lowest BCUT2D eigenvalue weighted by atomic mass is 10.1. The van der Waals surface area contributed by atoms with E-state index in [-0.39, 0.29) is 10.6 Å². The summed E-state index contributed by atoms with van der Waals surface area (Å²) >= 11 is 5.22. The van der Waals surface area contributed by atoms with Crippen molar-refractivity contribution in [3.05, 3.63) is 45.4 Å². The second-order valence-corrected chi connectivity index (χ2v) is 6.12. The number of benzene rings is 1. The van der Waals surface area contributed by atoms with Gasteiger partial charge in [-0.1, -0.05) is 22.9 Å². The minimum atomic E-state index is -0.306. The van der Waals surface area contributed by atoms with Crippen molar-refractivity contribution in [3.8, 4) is 11.5 Å². The van der Waals surface area contributed by atoms with Crippen molar-refractivity contribution >= 4 is 27.3 Å². The lowest BCUT2D eigenvalue weighted by molar-refractivity contribution is 0.351. The summed E-state index contributed by atoms with van der Waals surface area (Å²) in [5.74, 6) is 0.623. The SMILES string of the molecule is CCc1ccsc1C(Br)c1cc(OC)c(OC)cc1F. The lowest BCUT2D eigenvalue weighted by Crippen LogP contribution is -2.00. The summed E-state index contributed by atoms with van der Waals surface area (Å²) in [7, 11) is 3.04. The number of hydrogen-bond donors (Lipinski definition) is 0. The highest BCUT2D eigenvalue weighted by Gasteiger charge is 2.21. The van der Waals surface area contributed by atoms with Gasteiger partial charge in [0.2, 0.25) is 0 Å². The zero-order valence-electron chi connectivity index (χ0n) is 11.6. The molecule has 2 aromatic rings. The number of alkyl halides is 1. The summed E-state index contributed by atoms with van der Waals surface area (Å²) in [6, 6.07) is 5.13. The van der Waals surface area contributed by atoms with Crippen LogP contribution in [0.25, 0.3) is 0 Å². The predicted molar refractivity (Wildman–Crippen MR) is 84.0 cm³/mol. The number of hydrogen-bond acceptors (Lipinski definition) is 3. The van der Waals surface area contributed by atoms with Gasteiger partial charge in [0.1, 0.15) is 5.82 Å². The van der Waals surface area contributed by atoms with Crippen molar-refractivity contribution in [1.82, 2.24) is 0 Å². The van der Waals surface area contributed by atoms with Gasteiger partial charge in [-0.15, -0.1) is 11.3 Å². The standard InChI is InChI=1S/C15H16BrFO2S/c1-4-9-5-6-20-15(9)14(16)10-7-12(18-2)13(19-3)8-11(10)17/h5-8,14H,4H2,1-3H3. The molecule has 2 rings (SSSR count). The minimum Gasteiger partial charge on any atom is -0.493 e. The van der Waals surface area contributed by atoms with Crippen LogP contribution in [0.15, 0.2) is 23.6 Å². The average Bonchev–Trinajstić information content (AvgIpc) is 2.94. The molecule has 0 spiro atoms. The van der Waals surface area contributed by atoms with E-state index in [0.717, 1.165) is 11.3 Å². The Hall–Kier alpha value is -1.07. The highest BCUT2D eigenvalue weighted by Crippen LogP contribution is 2.41. The maximum atomic E-state index is 14.3. The topological polar surface area (TPSA) is 18.5 Å². The number of aryl methyl sites for hydroxylation is 1. The Labute approximate surface area is 130 Å². The van der Waals surface area contributed by atoms with Gasteiger partial charge in [-0.2, -0.15) is 0 Å². The molecule has 5 heteroatoms. The van der Waals surface area contributed by atoms with Crippen molar-refractivity contribution in [3.63, 3.8) is 0 Å². The van der Waals surface area contributed by atoms with E-state index < -0.39 is 0 Å². The van der Waals surface area contributed by atoms with Crippen LogP contribution in [0.3, 0.4) is 0 Å². The summed E-state index contributed by atoms with van der Waals surface area (Å²) in [5.41, 5.74) is 1.78. The fourth-order valence-corrected chi connectivity index (χ4v) is 4.02. The molecule has 0 amide bonds. The summed E-state index contributed by atoms with van der Waals surface area (Å²) in [5, 5.41) is 2.03. The molecule has 0 saturated carbocycles. The molecular weight excluding hydrogens is 343 g/mol. The maximum absolute atomic E-state index is 14.3. The summed E-state index contributed by atoms with van der Waals surface area (Å²) in [6.45, 7) is 2.09. The van der Waals surface area contributed by atoms with Crippen LogP contribution in [-0.2, 0) is 6.42 Å². The fraction of sp³-hybridized carbons (Fsp3) is 0.333. The molecule has 0 aliphatic rings. The Morgan fingerprint density at radius 2 is 1.90 bits per heavy atom. The molecule has 0 bridgehead atoms. The molecule has 2 nitrogen and oxygen atoms in total. The summed E-state index contributed by atoms with van der Waals surface area (Å²) < 4.78 is 24.6. The van der Waals surface area contributed by atoms with Crippen molar-refractivity contribution in [1.29, 1.82) is 0 Å². The molecule has 1 aromatic carbocycles. The second-order valence-electron chi connectivity index (χ2n) is 4.25. The first-order valence-corrected chi connectivity index (χ1v) is 8.03. The van der Waals surface area contributed by atoms with Gasteiger partial charge in [-0.05, 0) is 29.5 Å². The minimum absolute atomic E-state index is 0.183. The molecule has 1 atom stereocenters. The molecular formula is C15H16BrFO2S. The van der Waals surface area contributed by atoms with Gasteiger partial charge in [0, 0.05) is 16.5 Å². The number of thiophene rings is 1. The lowest BCUT2D eigenvalue weighted by Gasteiger charge is -2.15. The molecule has 0 fully saturated rings. The van der Waals surface area contributed by atoms with Crippen LogP contribution in [0.4, 0.5) is 4.39 Å². The van der Waals surface area contributed by atoms with Crippen molar-refractivity contribution < 1.29 is 13.9 Å². The van der Waals surface area contributed by atoms with Gasteiger partial charge in [-0.3, -0.25) is 0 Å². The van der Waals surface area contributed by atoms with Crippen LogP contribution in [0.2, 0.25) is 0 Å². The fourth-order valence-electron chi connectivity index (χ4n) is 2.07. The molecule has 0 N–H and O–H groups in total. The van der Waals surface area contributed by atoms with Gasteiger partial charge in [0.05, 0.1) is 19.0 Å². The quantitative estimate of drug-likeness (QED) is 0.703. The van der Waals surface area contributed by atoms with E-state index in [0.29, 0.717) is 17.1 Å². The van der Waals surface area contributed by atoms with E-state index in [9.17, 15) is 4.39 Å². The Morgan fingerprint density at radius 3 is 2.50 bits per heavy atom. The molecule has 108 valence electrons. The molecule has 1 aromatic heterocycles. The maximum Gasteiger partial charge on any atom is 0.163 e. The number of methoxy groups -OCH3 is 2. The molecule has 0 aliphatic carbocycles. The first kappa shape index (κ1) is 15.3. The summed E-state index contributed by atoms with van der Waals surface area (Å²) in [4.78, 5) is 0.941. The Morgan fingerprint density at radius 1 is 1.25 bits per heavy atom. The van der Waals surface area contributed by atoms with E-state index in [4.69, 9.17) is 9.47 Å². The van der Waals surface area contributed by atoms with Crippen LogP contribution in [0, 0.1) is 5.82 Å². The van der Waals surface area contributed by atoms with Crippen LogP contribution in [0.1, 0.15) is 27.8 Å². The van der Waals surface area contributed by atoms with Crippen molar-refractivity contribution in [2.45, 2.75) is 18.2 Å². The third-order valence-electron chi connectivity index (χ3n) is 3.17. The van der Waals surface area contributed by atoms with Gasteiger partial charge in [-0.25, -0.2) is 4.39 Å². The summed E-state index contributed by atoms with van der Waals surface area (Å²) in [6.07, 6.45) is 0.926. The Bertz CT molecular complexity index is 598. The first-order valence-electron chi connectivity index (χ1n) is 6.24. The monoisotopic (exact) mass is 358 g/mol. The van der Waals surface area contributed by atoms with E-state index in [1.807, 2.05) is 5.38 Å². The van der Waals surface area contributed by atoms with Crippen LogP contribution < -0.4 is 9.47 Å². The second kappa shape index (κ2) is 6.59. The largest absolute Gasteiger partial charge is 0.493 e. The van der Waals surface area contributed by atoms with E-state index in [1.165, 1.54) is 18.7 Å². The first-order chi connectivity index (χ1) is 9.62. The van der Waals surface area contributed by atoms with Gasteiger partial charge in [0.15, 0.2) is 11.5 Å². The van der Waals surface area contributed by atoms with Crippen LogP contribution in [-0.4, -0.2) is 14.2 Å². The number of ether oxygens (including phenoxy) is 2. The smallest absolute Gasteiger partial charge is 0.163 e. The zero-order valence-corrected chi connectivity index (χ0v) is 14.0. The van der Waals surface area contributed by atoms with E-state index in [2.05, 4.69) is 28.9 Å². The van der Waals surface area contributed by atoms with Gasteiger partial charge >= 0.3 is 0 Å². The Kier molecular flexibility index (Phi) is 5.05. The number of rotatable bonds is 5. The van der Waals surface area contributed by atoms with Crippen molar-refractivity contribution in [2.75, 3.05) is 14.2 Å². The zero-order chi connectivity index (χ0) is 14.7. The molecule has 0 radical (unpaired) electrons. The van der Waals surface area contributed by atoms with E-state index >= 15 is 0 Å². The van der Waals surface area contributed by atoms with Gasteiger partial charge < -0.3 is 9.47 Å². The van der Waals surface area contributed by atoms with Crippen LogP contribution >= 0.6 is 27.3 Å². The normalized spacial score (nSPS) is 12.2. The molecule has 1 heterocycles. The van der Waals surface area contributed by atoms with E-state index in [1.54, 1.807) is 24.5 Å². The molecule has 20 heavy (non-hydrogen) atoms. The average molecular weight is 359 g/mol. The highest BCUT2D eigenvalue weighted by molar-refractivity contribution is 9.09. The molecule has 0 saturated heterocycles. The van der Waals surface area contributed by atoms with Crippen molar-refractivity contribution in [2.24, 2.45) is 0 Å². The van der Waals surface area contributed by atoms with Gasteiger partial charge in [0.25, 0.3) is 0 Å². The third-order valence-corrected chi connectivity index (χ3v) is 5.45.